The van der Waals surface area contributed by atoms with Gasteiger partial charge in [-0.05, 0) is 24.3 Å². The number of Topliss-reactive ketones (excluding diaryl/α,β-unsaturated/α-hetero) is 1. The zero-order valence-corrected chi connectivity index (χ0v) is 13.9. The van der Waals surface area contributed by atoms with Gasteiger partial charge >= 0.3 is 0 Å². The number of halogens is 1. The lowest BCUT2D eigenvalue weighted by Gasteiger charge is -2.10. The van der Waals surface area contributed by atoms with Crippen molar-refractivity contribution in [2.75, 3.05) is 6.61 Å². The van der Waals surface area contributed by atoms with E-state index in [1.54, 1.807) is 42.5 Å². The van der Waals surface area contributed by atoms with Crippen LogP contribution >= 0.6 is 15.9 Å². The minimum atomic E-state index is -0.566. The van der Waals surface area contributed by atoms with E-state index in [4.69, 9.17) is 4.74 Å². The summed E-state index contributed by atoms with van der Waals surface area (Å²) in [5.41, 5.74) is 0.713. The predicted molar refractivity (Wildman–Crippen MR) is 88.6 cm³/mol. The number of carbonyl (C=O) groups excluding carboxylic acids is 3. The molecule has 0 heterocycles. The van der Waals surface area contributed by atoms with E-state index in [2.05, 4.69) is 21.2 Å². The molecule has 0 spiro atoms. The molecule has 0 aliphatic heterocycles. The first-order valence-corrected chi connectivity index (χ1v) is 7.59. The maximum atomic E-state index is 12.1. The first kappa shape index (κ1) is 16.9. The van der Waals surface area contributed by atoms with Gasteiger partial charge in [0.1, 0.15) is 5.75 Å². The summed E-state index contributed by atoms with van der Waals surface area (Å²) in [7, 11) is 0. The van der Waals surface area contributed by atoms with E-state index in [1.807, 2.05) is 0 Å². The summed E-state index contributed by atoms with van der Waals surface area (Å²) in [6, 6.07) is 13.3. The second kappa shape index (κ2) is 7.69. The van der Waals surface area contributed by atoms with Crippen LogP contribution in [-0.2, 0) is 4.79 Å². The minimum Gasteiger partial charge on any atom is -0.485 e. The number of carbonyl (C=O) groups is 3. The number of benzene rings is 2. The van der Waals surface area contributed by atoms with E-state index >= 15 is 0 Å². The lowest BCUT2D eigenvalue weighted by Crippen LogP contribution is -2.28. The Morgan fingerprint density at radius 3 is 2.35 bits per heavy atom. The molecule has 2 amide bonds. The fourth-order valence-corrected chi connectivity index (χ4v) is 2.13. The Morgan fingerprint density at radius 1 is 1.04 bits per heavy atom. The molecule has 5 nitrogen and oxygen atoms in total. The molecule has 0 unspecified atom stereocenters. The molecule has 118 valence electrons. The highest BCUT2D eigenvalue weighted by Crippen LogP contribution is 2.18. The van der Waals surface area contributed by atoms with Gasteiger partial charge in [0.15, 0.2) is 12.4 Å². The Hall–Kier alpha value is -2.47. The average Bonchev–Trinajstić information content (AvgIpc) is 2.53. The summed E-state index contributed by atoms with van der Waals surface area (Å²) in [5, 5.41) is 2.18. The molecule has 0 radical (unpaired) electrons. The molecule has 0 aliphatic carbocycles. The number of rotatable bonds is 5. The van der Waals surface area contributed by atoms with Gasteiger partial charge in [-0.1, -0.05) is 40.2 Å². The van der Waals surface area contributed by atoms with E-state index in [0.717, 1.165) is 4.47 Å². The summed E-state index contributed by atoms with van der Waals surface area (Å²) >= 11 is 3.30. The lowest BCUT2D eigenvalue weighted by atomic mass is 10.1. The molecular formula is C17H14BrNO4. The van der Waals surface area contributed by atoms with Crippen LogP contribution in [0.2, 0.25) is 0 Å². The molecular weight excluding hydrogens is 362 g/mol. The van der Waals surface area contributed by atoms with Gasteiger partial charge in [0.25, 0.3) is 5.91 Å². The van der Waals surface area contributed by atoms with Gasteiger partial charge in [-0.15, -0.1) is 0 Å². The number of ketones is 1. The van der Waals surface area contributed by atoms with E-state index in [1.165, 1.54) is 13.0 Å². The fraction of sp³-hybridized carbons (Fsp3) is 0.118. The molecule has 6 heteroatoms. The average molecular weight is 376 g/mol. The van der Waals surface area contributed by atoms with E-state index < -0.39 is 11.8 Å². The molecule has 0 aromatic heterocycles. The van der Waals surface area contributed by atoms with Gasteiger partial charge < -0.3 is 4.74 Å². The molecule has 2 aromatic rings. The summed E-state index contributed by atoms with van der Waals surface area (Å²) in [4.78, 5) is 35.0. The van der Waals surface area contributed by atoms with Crippen molar-refractivity contribution in [1.82, 2.24) is 5.32 Å². The number of nitrogens with one attached hydrogen (secondary N) is 1. The SMILES string of the molecule is CC(=O)NC(=O)c1ccccc1OCC(=O)c1ccc(Br)cc1. The molecule has 0 saturated heterocycles. The van der Waals surface area contributed by atoms with Crippen molar-refractivity contribution in [3.05, 3.63) is 64.1 Å². The molecule has 1 N–H and O–H groups in total. The highest BCUT2D eigenvalue weighted by molar-refractivity contribution is 9.10. The van der Waals surface area contributed by atoms with Gasteiger partial charge in [0.05, 0.1) is 5.56 Å². The Morgan fingerprint density at radius 2 is 1.70 bits per heavy atom. The van der Waals surface area contributed by atoms with Crippen molar-refractivity contribution in [1.29, 1.82) is 0 Å². The van der Waals surface area contributed by atoms with Gasteiger partial charge in [-0.25, -0.2) is 0 Å². The van der Waals surface area contributed by atoms with Crippen LogP contribution in [0.3, 0.4) is 0 Å². The Bertz CT molecular complexity index is 741. The quantitative estimate of drug-likeness (QED) is 0.815. The maximum absolute atomic E-state index is 12.1. The number of imide groups is 1. The van der Waals surface area contributed by atoms with Crippen LogP contribution in [0, 0.1) is 0 Å². The number of hydrogen-bond donors (Lipinski definition) is 1. The van der Waals surface area contributed by atoms with Crippen LogP contribution in [0.5, 0.6) is 5.75 Å². The number of para-hydroxylation sites is 1. The van der Waals surface area contributed by atoms with Crippen LogP contribution in [0.4, 0.5) is 0 Å². The second-order valence-corrected chi connectivity index (χ2v) is 5.64. The third-order valence-electron chi connectivity index (χ3n) is 2.95. The van der Waals surface area contributed by atoms with E-state index in [0.29, 0.717) is 5.56 Å². The highest BCUT2D eigenvalue weighted by Gasteiger charge is 2.14. The van der Waals surface area contributed by atoms with Crippen LogP contribution in [-0.4, -0.2) is 24.2 Å². The Kier molecular flexibility index (Phi) is 5.65. The molecule has 2 aromatic carbocycles. The fourth-order valence-electron chi connectivity index (χ4n) is 1.87. The molecule has 0 fully saturated rings. The molecule has 0 bridgehead atoms. The standard InChI is InChI=1S/C17H14BrNO4/c1-11(20)19-17(22)14-4-2-3-5-16(14)23-10-15(21)12-6-8-13(18)9-7-12/h2-9H,10H2,1H3,(H,19,20,22). The van der Waals surface area contributed by atoms with Crippen LogP contribution in [0.15, 0.2) is 53.0 Å². The van der Waals surface area contributed by atoms with Crippen molar-refractivity contribution in [3.63, 3.8) is 0 Å². The second-order valence-electron chi connectivity index (χ2n) is 4.73. The van der Waals surface area contributed by atoms with Crippen molar-refractivity contribution >= 4 is 33.5 Å². The molecule has 0 saturated carbocycles. The molecule has 2 rings (SSSR count). The summed E-state index contributed by atoms with van der Waals surface area (Å²) < 4.78 is 6.33. The predicted octanol–water partition coefficient (Wildman–Crippen LogP) is 2.99. The Labute approximate surface area is 141 Å². The van der Waals surface area contributed by atoms with Crippen molar-refractivity contribution < 1.29 is 19.1 Å². The zero-order chi connectivity index (χ0) is 16.8. The normalized spacial score (nSPS) is 10.0. The van der Waals surface area contributed by atoms with Crippen molar-refractivity contribution in [2.24, 2.45) is 0 Å². The lowest BCUT2D eigenvalue weighted by molar-refractivity contribution is -0.118. The maximum Gasteiger partial charge on any atom is 0.261 e. The van der Waals surface area contributed by atoms with Gasteiger partial charge in [0, 0.05) is 17.0 Å². The molecule has 23 heavy (non-hydrogen) atoms. The monoisotopic (exact) mass is 375 g/mol. The number of amides is 2. The third-order valence-corrected chi connectivity index (χ3v) is 3.47. The van der Waals surface area contributed by atoms with E-state index in [9.17, 15) is 14.4 Å². The highest BCUT2D eigenvalue weighted by atomic mass is 79.9. The number of ether oxygens (including phenoxy) is 1. The largest absolute Gasteiger partial charge is 0.485 e. The smallest absolute Gasteiger partial charge is 0.261 e. The summed E-state index contributed by atoms with van der Waals surface area (Å²) in [6.45, 7) is 1.05. The van der Waals surface area contributed by atoms with Crippen LogP contribution < -0.4 is 10.1 Å². The van der Waals surface area contributed by atoms with Gasteiger partial charge in [0.2, 0.25) is 5.91 Å². The summed E-state index contributed by atoms with van der Waals surface area (Å²) in [6.07, 6.45) is 0. The minimum absolute atomic E-state index is 0.200. The van der Waals surface area contributed by atoms with Crippen molar-refractivity contribution in [2.45, 2.75) is 6.92 Å². The molecule has 0 aliphatic rings. The topological polar surface area (TPSA) is 72.5 Å². The first-order chi connectivity index (χ1) is 11.0. The first-order valence-electron chi connectivity index (χ1n) is 6.80. The molecule has 0 atom stereocenters. The van der Waals surface area contributed by atoms with Crippen LogP contribution in [0.1, 0.15) is 27.6 Å². The van der Waals surface area contributed by atoms with Gasteiger partial charge in [-0.3, -0.25) is 19.7 Å². The van der Waals surface area contributed by atoms with Gasteiger partial charge in [-0.2, -0.15) is 0 Å². The summed E-state index contributed by atoms with van der Waals surface area (Å²) in [5.74, 6) is -0.990. The van der Waals surface area contributed by atoms with Crippen molar-refractivity contribution in [3.8, 4) is 5.75 Å². The van der Waals surface area contributed by atoms with Crippen LogP contribution in [0.25, 0.3) is 0 Å². The van der Waals surface area contributed by atoms with E-state index in [-0.39, 0.29) is 23.7 Å². The zero-order valence-electron chi connectivity index (χ0n) is 12.3. The number of hydrogen-bond acceptors (Lipinski definition) is 4. The third kappa shape index (κ3) is 4.75. The Balaban J connectivity index is 2.08.